The third kappa shape index (κ3) is 29.5. The third-order valence-corrected chi connectivity index (χ3v) is 2.79. The van der Waals surface area contributed by atoms with Crippen molar-refractivity contribution in [3.05, 3.63) is 30.1 Å². The first kappa shape index (κ1) is 35.7. The van der Waals surface area contributed by atoms with E-state index in [1.54, 1.807) is 32.3 Å². The number of aromatic nitrogens is 1. The van der Waals surface area contributed by atoms with E-state index in [1.807, 2.05) is 27.7 Å². The van der Waals surface area contributed by atoms with Gasteiger partial charge in [-0.3, -0.25) is 20.0 Å². The maximum Gasteiger partial charge on any atom is 0.252 e. The molecule has 0 unspecified atom stereocenters. The lowest BCUT2D eigenvalue weighted by Gasteiger charge is -2.13. The van der Waals surface area contributed by atoms with Crippen molar-refractivity contribution < 1.29 is 14.4 Å². The van der Waals surface area contributed by atoms with Gasteiger partial charge in [-0.1, -0.05) is 48.0 Å². The van der Waals surface area contributed by atoms with Crippen molar-refractivity contribution in [3.63, 3.8) is 0 Å². The molecular weight excluding hydrogens is 394 g/mol. The molecular formula is C23H45N5O3. The summed E-state index contributed by atoms with van der Waals surface area (Å²) < 4.78 is 0. The number of carbonyl (C=O) groups excluding carboxylic acids is 3. The first-order chi connectivity index (χ1) is 14.6. The molecule has 0 atom stereocenters. The van der Waals surface area contributed by atoms with Gasteiger partial charge in [-0.25, -0.2) is 0 Å². The molecule has 0 aromatic carbocycles. The van der Waals surface area contributed by atoms with Crippen LogP contribution in [0.5, 0.6) is 0 Å². The Morgan fingerprint density at radius 3 is 1.94 bits per heavy atom. The van der Waals surface area contributed by atoms with Crippen LogP contribution in [0.3, 0.4) is 0 Å². The molecule has 1 heterocycles. The fourth-order valence-electron chi connectivity index (χ4n) is 1.56. The van der Waals surface area contributed by atoms with Crippen LogP contribution in [0, 0.1) is 5.41 Å². The van der Waals surface area contributed by atoms with Crippen LogP contribution in [0.25, 0.3) is 0 Å². The summed E-state index contributed by atoms with van der Waals surface area (Å²) in [5.41, 5.74) is 5.58. The number of likely N-dealkylation sites (N-methyl/N-ethyl adjacent to an activating group) is 1. The van der Waals surface area contributed by atoms with E-state index in [4.69, 9.17) is 11.1 Å². The first-order valence-corrected chi connectivity index (χ1v) is 10.9. The fraction of sp³-hybridized carbons (Fsp3) is 0.609. The first-order valence-electron chi connectivity index (χ1n) is 10.9. The lowest BCUT2D eigenvalue weighted by Crippen LogP contribution is -2.35. The van der Waals surface area contributed by atoms with Crippen molar-refractivity contribution in [2.24, 2.45) is 5.73 Å². The quantitative estimate of drug-likeness (QED) is 0.334. The van der Waals surface area contributed by atoms with Crippen LogP contribution in [0.2, 0.25) is 0 Å². The number of amides is 1. The summed E-state index contributed by atoms with van der Waals surface area (Å²) in [6.07, 6.45) is 5.57. The molecule has 180 valence electrons. The molecule has 0 aliphatic heterocycles. The van der Waals surface area contributed by atoms with E-state index in [-0.39, 0.29) is 30.0 Å². The standard InChI is InChI=1S/C11H14N2O2.C5H11N3O.C3H8.2C2H6/c1-9(14)4-2-7-13-11(15)10-5-3-6-12-8-10;1-4(9)3-8(2)5(6)7;1-3-2;2*1-2/h3,5-6,8H,2,4,7H2,1H3,(H,13,15);3H2,1-2H3,(H3,6,7);3H2,1-2H3;2*1-2H3. The minimum atomic E-state index is -0.147. The predicted octanol–water partition coefficient (Wildman–Crippen LogP) is 4.05. The Kier molecular flexibility index (Phi) is 31.3. The van der Waals surface area contributed by atoms with E-state index in [2.05, 4.69) is 24.1 Å². The zero-order valence-electron chi connectivity index (χ0n) is 21.0. The van der Waals surface area contributed by atoms with Crippen molar-refractivity contribution in [1.82, 2.24) is 15.2 Å². The Morgan fingerprint density at radius 2 is 1.61 bits per heavy atom. The molecule has 0 aliphatic carbocycles. The number of pyridine rings is 1. The number of Topliss-reactive ketones (excluding diaryl/α,β-unsaturated/α-hetero) is 2. The van der Waals surface area contributed by atoms with Gasteiger partial charge in [0, 0.05) is 32.4 Å². The molecule has 0 bridgehead atoms. The highest BCUT2D eigenvalue weighted by Gasteiger charge is 2.03. The second kappa shape index (κ2) is 27.2. The van der Waals surface area contributed by atoms with Gasteiger partial charge in [0.15, 0.2) is 5.96 Å². The van der Waals surface area contributed by atoms with Crippen LogP contribution in [-0.2, 0) is 9.59 Å². The largest absolute Gasteiger partial charge is 0.370 e. The number of nitrogens with two attached hydrogens (primary N) is 1. The van der Waals surface area contributed by atoms with Gasteiger partial charge in [0.05, 0.1) is 12.1 Å². The summed E-state index contributed by atoms with van der Waals surface area (Å²) in [6, 6.07) is 3.41. The maximum absolute atomic E-state index is 11.5. The van der Waals surface area contributed by atoms with Crippen molar-refractivity contribution in [2.75, 3.05) is 20.1 Å². The van der Waals surface area contributed by atoms with Crippen molar-refractivity contribution >= 4 is 23.4 Å². The summed E-state index contributed by atoms with van der Waals surface area (Å²) in [6.45, 7) is 16.0. The van der Waals surface area contributed by atoms with Crippen LogP contribution in [0.1, 0.15) is 85.0 Å². The minimum absolute atomic E-state index is 0.00713. The third-order valence-electron chi connectivity index (χ3n) is 2.79. The highest BCUT2D eigenvalue weighted by molar-refractivity contribution is 5.93. The molecule has 1 aromatic heterocycles. The highest BCUT2D eigenvalue weighted by Crippen LogP contribution is 1.95. The molecule has 1 aromatic rings. The van der Waals surface area contributed by atoms with Crippen molar-refractivity contribution in [3.8, 4) is 0 Å². The van der Waals surface area contributed by atoms with Crippen LogP contribution >= 0.6 is 0 Å². The van der Waals surface area contributed by atoms with E-state index in [0.717, 1.165) is 0 Å². The van der Waals surface area contributed by atoms with Gasteiger partial charge in [0.25, 0.3) is 5.91 Å². The molecule has 8 nitrogen and oxygen atoms in total. The summed E-state index contributed by atoms with van der Waals surface area (Å²) in [4.78, 5) is 37.7. The van der Waals surface area contributed by atoms with Gasteiger partial charge in [0.1, 0.15) is 11.6 Å². The average Bonchev–Trinajstić information content (AvgIpc) is 2.75. The molecule has 0 spiro atoms. The number of hydrogen-bond donors (Lipinski definition) is 3. The zero-order valence-corrected chi connectivity index (χ0v) is 21.0. The maximum atomic E-state index is 11.5. The Morgan fingerprint density at radius 1 is 1.10 bits per heavy atom. The van der Waals surface area contributed by atoms with Gasteiger partial charge in [-0.05, 0) is 32.4 Å². The molecule has 4 N–H and O–H groups in total. The Hall–Kier alpha value is -2.77. The molecule has 31 heavy (non-hydrogen) atoms. The number of guanidine groups is 1. The molecule has 1 amide bonds. The smallest absolute Gasteiger partial charge is 0.252 e. The highest BCUT2D eigenvalue weighted by atomic mass is 16.1. The second-order valence-electron chi connectivity index (χ2n) is 5.95. The van der Waals surface area contributed by atoms with Gasteiger partial charge in [-0.15, -0.1) is 0 Å². The lowest BCUT2D eigenvalue weighted by molar-refractivity contribution is -0.118. The molecule has 0 radical (unpaired) electrons. The zero-order chi connectivity index (χ0) is 25.2. The fourth-order valence-corrected chi connectivity index (χ4v) is 1.56. The number of hydrogen-bond acceptors (Lipinski definition) is 5. The van der Waals surface area contributed by atoms with E-state index < -0.39 is 0 Å². The lowest BCUT2D eigenvalue weighted by atomic mass is 10.2. The van der Waals surface area contributed by atoms with Gasteiger partial charge in [0.2, 0.25) is 0 Å². The normalized spacial score (nSPS) is 8.16. The minimum Gasteiger partial charge on any atom is -0.370 e. The Balaban J connectivity index is -0.000000195. The molecule has 1 rings (SSSR count). The summed E-state index contributed by atoms with van der Waals surface area (Å²) >= 11 is 0. The number of nitrogens with one attached hydrogen (secondary N) is 2. The molecule has 8 heteroatoms. The predicted molar refractivity (Wildman–Crippen MR) is 130 cm³/mol. The van der Waals surface area contributed by atoms with Crippen LogP contribution in [0.15, 0.2) is 24.5 Å². The molecule has 0 saturated heterocycles. The van der Waals surface area contributed by atoms with Crippen LogP contribution in [0.4, 0.5) is 0 Å². The van der Waals surface area contributed by atoms with Crippen molar-refractivity contribution in [1.29, 1.82) is 5.41 Å². The average molecular weight is 440 g/mol. The van der Waals surface area contributed by atoms with E-state index in [1.165, 1.54) is 24.4 Å². The Labute approximate surface area is 189 Å². The monoisotopic (exact) mass is 439 g/mol. The SMILES string of the molecule is CC.CC.CC(=O)CCCNC(=O)c1cccnc1.CC(=O)CN(C)C(=N)N.CCC. The summed E-state index contributed by atoms with van der Waals surface area (Å²) in [5.74, 6) is -0.0739. The molecule has 0 fully saturated rings. The number of carbonyl (C=O) groups is 3. The van der Waals surface area contributed by atoms with Gasteiger partial charge < -0.3 is 20.7 Å². The van der Waals surface area contributed by atoms with Gasteiger partial charge in [-0.2, -0.15) is 0 Å². The summed E-state index contributed by atoms with van der Waals surface area (Å²) in [7, 11) is 1.60. The summed E-state index contributed by atoms with van der Waals surface area (Å²) in [5, 5.41) is 9.57. The van der Waals surface area contributed by atoms with Crippen LogP contribution < -0.4 is 11.1 Å². The van der Waals surface area contributed by atoms with Crippen molar-refractivity contribution in [2.45, 2.75) is 74.7 Å². The number of ketones is 2. The van der Waals surface area contributed by atoms with E-state index >= 15 is 0 Å². The van der Waals surface area contributed by atoms with E-state index in [9.17, 15) is 14.4 Å². The van der Waals surface area contributed by atoms with Gasteiger partial charge >= 0.3 is 0 Å². The molecule has 0 saturated carbocycles. The van der Waals surface area contributed by atoms with Crippen LogP contribution in [-0.4, -0.2) is 53.5 Å². The molecule has 0 aliphatic rings. The number of nitrogens with zero attached hydrogens (tertiary/aromatic N) is 2. The number of rotatable bonds is 7. The Bertz CT molecular complexity index is 578. The second-order valence-corrected chi connectivity index (χ2v) is 5.95. The topological polar surface area (TPSA) is 129 Å². The van der Waals surface area contributed by atoms with E-state index in [0.29, 0.717) is 24.9 Å².